The van der Waals surface area contributed by atoms with Crippen molar-refractivity contribution < 1.29 is 4.92 Å². The predicted molar refractivity (Wildman–Crippen MR) is 47.0 cm³/mol. The molecular formula is C9H8N2O2. The number of nitrogens with zero attached hydrogens (tertiary/aromatic N) is 2. The quantitative estimate of drug-likeness (QED) is 0.522. The fraction of sp³-hybridized carbons (Fsp3) is 0.222. The van der Waals surface area contributed by atoms with Gasteiger partial charge in [0.1, 0.15) is 0 Å². The molecule has 0 bridgehead atoms. The summed E-state index contributed by atoms with van der Waals surface area (Å²) in [4.78, 5) is 9.93. The molecule has 4 heteroatoms. The average Bonchev–Trinajstić information content (AvgIpc) is 2.15. The maximum Gasteiger partial charge on any atom is 0.269 e. The summed E-state index contributed by atoms with van der Waals surface area (Å²) in [5, 5.41) is 18.7. The van der Waals surface area contributed by atoms with Crippen molar-refractivity contribution in [1.82, 2.24) is 0 Å². The van der Waals surface area contributed by atoms with Crippen molar-refractivity contribution in [3.8, 4) is 6.07 Å². The largest absolute Gasteiger partial charge is 0.269 e. The molecule has 0 aliphatic carbocycles. The molecule has 66 valence electrons. The molecule has 0 atom stereocenters. The van der Waals surface area contributed by atoms with Gasteiger partial charge in [0.25, 0.3) is 5.69 Å². The van der Waals surface area contributed by atoms with Crippen molar-refractivity contribution in [3.63, 3.8) is 0 Å². The Kier molecular flexibility index (Phi) is 2.98. The first-order valence-electron chi connectivity index (χ1n) is 3.84. The van der Waals surface area contributed by atoms with Gasteiger partial charge in [0.2, 0.25) is 0 Å². The molecular weight excluding hydrogens is 168 g/mol. The van der Waals surface area contributed by atoms with E-state index in [2.05, 4.69) is 0 Å². The predicted octanol–water partition coefficient (Wildman–Crippen LogP) is 2.05. The number of aryl methyl sites for hydroxylation is 1. The first kappa shape index (κ1) is 9.20. The van der Waals surface area contributed by atoms with Gasteiger partial charge in [0, 0.05) is 18.6 Å². The molecule has 0 saturated carbocycles. The summed E-state index contributed by atoms with van der Waals surface area (Å²) >= 11 is 0. The lowest BCUT2D eigenvalue weighted by Crippen LogP contribution is -1.90. The van der Waals surface area contributed by atoms with Gasteiger partial charge < -0.3 is 0 Å². The average molecular weight is 176 g/mol. The van der Waals surface area contributed by atoms with Gasteiger partial charge >= 0.3 is 0 Å². The Balaban J connectivity index is 2.80. The summed E-state index contributed by atoms with van der Waals surface area (Å²) in [5.74, 6) is 0. The fourth-order valence-electron chi connectivity index (χ4n) is 1.03. The topological polar surface area (TPSA) is 66.9 Å². The second-order valence-electron chi connectivity index (χ2n) is 2.59. The van der Waals surface area contributed by atoms with Crippen LogP contribution in [0.4, 0.5) is 5.69 Å². The number of benzene rings is 1. The highest BCUT2D eigenvalue weighted by Gasteiger charge is 2.04. The maximum absolute atomic E-state index is 10.4. The Hall–Kier alpha value is -1.89. The van der Waals surface area contributed by atoms with Gasteiger partial charge in [-0.05, 0) is 12.0 Å². The normalized spacial score (nSPS) is 9.15. The van der Waals surface area contributed by atoms with E-state index in [9.17, 15) is 10.1 Å². The van der Waals surface area contributed by atoms with Crippen LogP contribution in [0.15, 0.2) is 24.3 Å². The van der Waals surface area contributed by atoms with E-state index in [0.717, 1.165) is 5.56 Å². The highest BCUT2D eigenvalue weighted by molar-refractivity contribution is 5.34. The van der Waals surface area contributed by atoms with Crippen molar-refractivity contribution in [2.75, 3.05) is 0 Å². The molecule has 4 nitrogen and oxygen atoms in total. The minimum absolute atomic E-state index is 0.0791. The maximum atomic E-state index is 10.4. The highest BCUT2D eigenvalue weighted by Crippen LogP contribution is 2.13. The van der Waals surface area contributed by atoms with Crippen LogP contribution in [-0.4, -0.2) is 4.92 Å². The number of non-ortho nitro benzene ring substituents is 1. The van der Waals surface area contributed by atoms with Crippen LogP contribution in [0.1, 0.15) is 12.0 Å². The minimum atomic E-state index is -0.435. The van der Waals surface area contributed by atoms with Gasteiger partial charge in [-0.2, -0.15) is 5.26 Å². The van der Waals surface area contributed by atoms with E-state index in [-0.39, 0.29) is 5.69 Å². The van der Waals surface area contributed by atoms with Gasteiger partial charge in [-0.1, -0.05) is 12.1 Å². The summed E-state index contributed by atoms with van der Waals surface area (Å²) in [6.45, 7) is 0. The molecule has 0 heterocycles. The lowest BCUT2D eigenvalue weighted by molar-refractivity contribution is -0.384. The Bertz CT molecular complexity index is 355. The van der Waals surface area contributed by atoms with Crippen LogP contribution in [0.5, 0.6) is 0 Å². The number of hydrogen-bond acceptors (Lipinski definition) is 3. The third kappa shape index (κ3) is 2.56. The molecule has 0 spiro atoms. The molecule has 0 aliphatic rings. The second-order valence-corrected chi connectivity index (χ2v) is 2.59. The molecule has 0 radical (unpaired) electrons. The van der Waals surface area contributed by atoms with Crippen LogP contribution in [0.25, 0.3) is 0 Å². The van der Waals surface area contributed by atoms with Crippen molar-refractivity contribution >= 4 is 5.69 Å². The van der Waals surface area contributed by atoms with Crippen molar-refractivity contribution in [3.05, 3.63) is 39.9 Å². The molecule has 0 amide bonds. The molecule has 0 saturated heterocycles. The zero-order valence-corrected chi connectivity index (χ0v) is 6.93. The van der Waals surface area contributed by atoms with Crippen LogP contribution in [0.2, 0.25) is 0 Å². The van der Waals surface area contributed by atoms with E-state index in [4.69, 9.17) is 5.26 Å². The third-order valence-corrected chi connectivity index (χ3v) is 1.65. The number of nitro benzene ring substituents is 1. The zero-order valence-electron chi connectivity index (χ0n) is 6.93. The van der Waals surface area contributed by atoms with Gasteiger partial charge in [0.05, 0.1) is 11.0 Å². The summed E-state index contributed by atoms with van der Waals surface area (Å²) in [6, 6.07) is 8.34. The molecule has 0 aliphatic heterocycles. The second kappa shape index (κ2) is 4.21. The lowest BCUT2D eigenvalue weighted by atomic mass is 10.1. The summed E-state index contributed by atoms with van der Waals surface area (Å²) < 4.78 is 0. The van der Waals surface area contributed by atoms with Crippen molar-refractivity contribution in [2.24, 2.45) is 0 Å². The van der Waals surface area contributed by atoms with Gasteiger partial charge in [-0.15, -0.1) is 0 Å². The van der Waals surface area contributed by atoms with Crippen LogP contribution in [0, 0.1) is 21.4 Å². The van der Waals surface area contributed by atoms with Crippen LogP contribution in [0.3, 0.4) is 0 Å². The molecule has 1 aromatic carbocycles. The highest BCUT2D eigenvalue weighted by atomic mass is 16.6. The molecule has 13 heavy (non-hydrogen) atoms. The van der Waals surface area contributed by atoms with Gasteiger partial charge in [-0.3, -0.25) is 10.1 Å². The van der Waals surface area contributed by atoms with Crippen LogP contribution >= 0.6 is 0 Å². The Morgan fingerprint density at radius 2 is 2.31 bits per heavy atom. The fourth-order valence-corrected chi connectivity index (χ4v) is 1.03. The molecule has 0 aromatic heterocycles. The monoisotopic (exact) mass is 176 g/mol. The Morgan fingerprint density at radius 3 is 2.92 bits per heavy atom. The molecule has 0 fully saturated rings. The first-order chi connectivity index (χ1) is 6.24. The molecule has 0 N–H and O–H groups in total. The van der Waals surface area contributed by atoms with E-state index in [1.165, 1.54) is 12.1 Å². The lowest BCUT2D eigenvalue weighted by Gasteiger charge is -1.96. The zero-order chi connectivity index (χ0) is 9.68. The number of nitro groups is 1. The number of hydrogen-bond donors (Lipinski definition) is 0. The smallest absolute Gasteiger partial charge is 0.258 e. The summed E-state index contributed by atoms with van der Waals surface area (Å²) in [6.07, 6.45) is 0.958. The van der Waals surface area contributed by atoms with Gasteiger partial charge in [-0.25, -0.2) is 0 Å². The first-order valence-corrected chi connectivity index (χ1v) is 3.84. The summed E-state index contributed by atoms with van der Waals surface area (Å²) in [5.41, 5.74) is 0.909. The SMILES string of the molecule is N#CCCc1cccc([N+](=O)[O-])c1. The minimum Gasteiger partial charge on any atom is -0.258 e. The standard InChI is InChI=1S/C9H8N2O2/c10-6-2-4-8-3-1-5-9(7-8)11(12)13/h1,3,5,7H,2,4H2. The molecule has 1 rings (SSSR count). The van der Waals surface area contributed by atoms with E-state index in [1.54, 1.807) is 12.1 Å². The van der Waals surface area contributed by atoms with E-state index in [1.807, 2.05) is 6.07 Å². The van der Waals surface area contributed by atoms with Gasteiger partial charge in [0.15, 0.2) is 0 Å². The molecule has 0 unspecified atom stereocenters. The Labute approximate surface area is 75.6 Å². The van der Waals surface area contributed by atoms with Crippen molar-refractivity contribution in [2.45, 2.75) is 12.8 Å². The van der Waals surface area contributed by atoms with Crippen LogP contribution < -0.4 is 0 Å². The van der Waals surface area contributed by atoms with Crippen molar-refractivity contribution in [1.29, 1.82) is 5.26 Å². The van der Waals surface area contributed by atoms with E-state index < -0.39 is 4.92 Å². The summed E-state index contributed by atoms with van der Waals surface area (Å²) in [7, 11) is 0. The number of nitriles is 1. The van der Waals surface area contributed by atoms with Crippen LogP contribution in [-0.2, 0) is 6.42 Å². The third-order valence-electron chi connectivity index (χ3n) is 1.65. The molecule has 1 aromatic rings. The Morgan fingerprint density at radius 1 is 1.54 bits per heavy atom. The van der Waals surface area contributed by atoms with E-state index >= 15 is 0 Å². The number of rotatable bonds is 3. The van der Waals surface area contributed by atoms with E-state index in [0.29, 0.717) is 12.8 Å².